The zero-order valence-corrected chi connectivity index (χ0v) is 17.3. The zero-order valence-electron chi connectivity index (χ0n) is 16.5. The lowest BCUT2D eigenvalue weighted by Gasteiger charge is -2.19. The number of esters is 1. The molecule has 1 heterocycles. The van der Waals surface area contributed by atoms with E-state index >= 15 is 0 Å². The van der Waals surface area contributed by atoms with Crippen molar-refractivity contribution in [2.45, 2.75) is 58.3 Å². The van der Waals surface area contributed by atoms with E-state index in [2.05, 4.69) is 50.4 Å². The van der Waals surface area contributed by atoms with E-state index in [0.29, 0.717) is 23.4 Å². The van der Waals surface area contributed by atoms with Crippen molar-refractivity contribution >= 4 is 28.2 Å². The molecule has 1 aliphatic carbocycles. The second-order valence-electron chi connectivity index (χ2n) is 8.05. The number of fused-ring (bicyclic) bond motifs is 1. The number of aryl methyl sites for hydroxylation is 2. The molecule has 4 nitrogen and oxygen atoms in total. The van der Waals surface area contributed by atoms with Crippen molar-refractivity contribution in [2.75, 3.05) is 12.4 Å². The first-order chi connectivity index (χ1) is 12.8. The number of anilines is 1. The summed E-state index contributed by atoms with van der Waals surface area (Å²) >= 11 is 1.51. The van der Waals surface area contributed by atoms with Crippen LogP contribution < -0.4 is 5.32 Å². The summed E-state index contributed by atoms with van der Waals surface area (Å²) in [6.07, 6.45) is 3.98. The van der Waals surface area contributed by atoms with Crippen LogP contribution in [0, 0.1) is 0 Å². The average molecular weight is 386 g/mol. The molecule has 0 unspecified atom stereocenters. The fourth-order valence-electron chi connectivity index (χ4n) is 3.43. The Morgan fingerprint density at radius 3 is 2.48 bits per heavy atom. The lowest BCUT2D eigenvalue weighted by atomic mass is 9.86. The Morgan fingerprint density at radius 1 is 1.15 bits per heavy atom. The Bertz CT molecular complexity index is 844. The lowest BCUT2D eigenvalue weighted by Crippen LogP contribution is -2.15. The molecule has 1 aliphatic rings. The van der Waals surface area contributed by atoms with Gasteiger partial charge in [-0.2, -0.15) is 0 Å². The summed E-state index contributed by atoms with van der Waals surface area (Å²) in [6.45, 7) is 6.56. The van der Waals surface area contributed by atoms with Crippen molar-refractivity contribution in [1.29, 1.82) is 0 Å². The van der Waals surface area contributed by atoms with E-state index in [4.69, 9.17) is 4.74 Å². The van der Waals surface area contributed by atoms with Gasteiger partial charge in [-0.25, -0.2) is 4.79 Å². The Labute approximate surface area is 164 Å². The maximum absolute atomic E-state index is 12.4. The number of rotatable bonds is 5. The van der Waals surface area contributed by atoms with Crippen LogP contribution in [0.25, 0.3) is 0 Å². The quantitative estimate of drug-likeness (QED) is 0.746. The summed E-state index contributed by atoms with van der Waals surface area (Å²) in [4.78, 5) is 25.8. The van der Waals surface area contributed by atoms with Crippen LogP contribution in [0.2, 0.25) is 0 Å². The Kier molecular flexibility index (Phi) is 5.70. The van der Waals surface area contributed by atoms with Crippen LogP contribution in [0.15, 0.2) is 24.3 Å². The summed E-state index contributed by atoms with van der Waals surface area (Å²) in [6, 6.07) is 8.44. The van der Waals surface area contributed by atoms with Crippen LogP contribution in [-0.2, 0) is 34.2 Å². The van der Waals surface area contributed by atoms with Crippen molar-refractivity contribution in [1.82, 2.24) is 0 Å². The summed E-state index contributed by atoms with van der Waals surface area (Å²) in [5, 5.41) is 3.58. The van der Waals surface area contributed by atoms with Gasteiger partial charge in [-0.1, -0.05) is 45.0 Å². The fraction of sp³-hybridized carbons (Fsp3) is 0.455. The number of nitrogens with one attached hydrogen (secondary N) is 1. The second-order valence-corrected chi connectivity index (χ2v) is 9.15. The smallest absolute Gasteiger partial charge is 0.341 e. The largest absolute Gasteiger partial charge is 0.465 e. The van der Waals surface area contributed by atoms with Crippen molar-refractivity contribution in [3.8, 4) is 0 Å². The predicted molar refractivity (Wildman–Crippen MR) is 110 cm³/mol. The first-order valence-electron chi connectivity index (χ1n) is 9.41. The predicted octanol–water partition coefficient (Wildman–Crippen LogP) is 4.89. The van der Waals surface area contributed by atoms with E-state index in [0.717, 1.165) is 30.4 Å². The van der Waals surface area contributed by atoms with E-state index in [9.17, 15) is 9.59 Å². The molecule has 0 saturated carbocycles. The molecule has 1 aromatic heterocycles. The molecule has 1 N–H and O–H groups in total. The third-order valence-electron chi connectivity index (χ3n) is 5.02. The molecule has 144 valence electrons. The molecule has 5 heteroatoms. The van der Waals surface area contributed by atoms with E-state index in [1.54, 1.807) is 0 Å². The number of thiophene rings is 1. The summed E-state index contributed by atoms with van der Waals surface area (Å²) in [5.74, 6) is -0.428. The van der Waals surface area contributed by atoms with Gasteiger partial charge < -0.3 is 10.1 Å². The topological polar surface area (TPSA) is 55.4 Å². The molecule has 1 aromatic carbocycles. The second kappa shape index (κ2) is 7.85. The van der Waals surface area contributed by atoms with Gasteiger partial charge in [0.15, 0.2) is 0 Å². The van der Waals surface area contributed by atoms with Gasteiger partial charge in [0.1, 0.15) is 5.00 Å². The number of hydrogen-bond acceptors (Lipinski definition) is 4. The van der Waals surface area contributed by atoms with Gasteiger partial charge in [-0.05, 0) is 47.8 Å². The number of amides is 1. The number of hydrogen-bond donors (Lipinski definition) is 1. The molecule has 3 rings (SSSR count). The minimum atomic E-state index is -0.359. The van der Waals surface area contributed by atoms with Crippen LogP contribution in [0.3, 0.4) is 0 Å². The highest BCUT2D eigenvalue weighted by Gasteiger charge is 2.27. The van der Waals surface area contributed by atoms with Crippen molar-refractivity contribution in [3.05, 3.63) is 51.4 Å². The van der Waals surface area contributed by atoms with E-state index in [-0.39, 0.29) is 17.3 Å². The first kappa shape index (κ1) is 19.6. The zero-order chi connectivity index (χ0) is 19.6. The van der Waals surface area contributed by atoms with E-state index < -0.39 is 0 Å². The molecule has 0 spiro atoms. The number of methoxy groups -OCH3 is 1. The van der Waals surface area contributed by atoms with Gasteiger partial charge in [0.05, 0.1) is 12.7 Å². The minimum absolute atomic E-state index is 0.0695. The van der Waals surface area contributed by atoms with Gasteiger partial charge in [-0.3, -0.25) is 4.79 Å². The molecule has 27 heavy (non-hydrogen) atoms. The number of carbonyl (C=O) groups is 2. The lowest BCUT2D eigenvalue weighted by molar-refractivity contribution is -0.116. The highest BCUT2D eigenvalue weighted by atomic mass is 32.1. The number of carbonyl (C=O) groups excluding carboxylic acids is 2. The van der Waals surface area contributed by atoms with Gasteiger partial charge in [0.2, 0.25) is 5.91 Å². The molecular weight excluding hydrogens is 358 g/mol. The number of ether oxygens (including phenoxy) is 1. The van der Waals surface area contributed by atoms with Crippen molar-refractivity contribution in [3.63, 3.8) is 0 Å². The van der Waals surface area contributed by atoms with Gasteiger partial charge in [0, 0.05) is 11.3 Å². The van der Waals surface area contributed by atoms with Crippen LogP contribution >= 0.6 is 11.3 Å². The normalized spacial score (nSPS) is 13.3. The molecule has 1 amide bonds. The highest BCUT2D eigenvalue weighted by molar-refractivity contribution is 7.17. The van der Waals surface area contributed by atoms with Crippen molar-refractivity contribution in [2.24, 2.45) is 0 Å². The fourth-order valence-corrected chi connectivity index (χ4v) is 4.72. The van der Waals surface area contributed by atoms with Crippen LogP contribution in [0.5, 0.6) is 0 Å². The van der Waals surface area contributed by atoms with Crippen LogP contribution in [0.4, 0.5) is 5.00 Å². The van der Waals surface area contributed by atoms with E-state index in [1.807, 2.05) is 0 Å². The maximum atomic E-state index is 12.4. The van der Waals surface area contributed by atoms with Gasteiger partial charge in [0.25, 0.3) is 0 Å². The molecule has 0 saturated heterocycles. The average Bonchev–Trinajstić information content (AvgIpc) is 3.19. The molecule has 0 bridgehead atoms. The molecule has 2 aromatic rings. The summed E-state index contributed by atoms with van der Waals surface area (Å²) < 4.78 is 4.93. The molecular formula is C22H27NO3S. The minimum Gasteiger partial charge on any atom is -0.465 e. The van der Waals surface area contributed by atoms with Gasteiger partial charge >= 0.3 is 5.97 Å². The highest BCUT2D eigenvalue weighted by Crippen LogP contribution is 2.39. The van der Waals surface area contributed by atoms with Gasteiger partial charge in [-0.15, -0.1) is 11.3 Å². The first-order valence-corrected chi connectivity index (χ1v) is 10.2. The monoisotopic (exact) mass is 385 g/mol. The molecule has 0 radical (unpaired) electrons. The maximum Gasteiger partial charge on any atom is 0.341 e. The third kappa shape index (κ3) is 4.41. The Hall–Kier alpha value is -2.14. The summed E-state index contributed by atoms with van der Waals surface area (Å²) in [5.41, 5.74) is 4.16. The van der Waals surface area contributed by atoms with Crippen LogP contribution in [0.1, 0.15) is 65.5 Å². The Morgan fingerprint density at radius 2 is 1.85 bits per heavy atom. The molecule has 0 atom stereocenters. The van der Waals surface area contributed by atoms with E-state index in [1.165, 1.54) is 28.9 Å². The summed E-state index contributed by atoms with van der Waals surface area (Å²) in [7, 11) is 1.38. The Balaban J connectivity index is 1.64. The molecule has 0 fully saturated rings. The number of benzene rings is 1. The van der Waals surface area contributed by atoms with Crippen molar-refractivity contribution < 1.29 is 14.3 Å². The third-order valence-corrected chi connectivity index (χ3v) is 6.23. The molecule has 0 aliphatic heterocycles. The standard InChI is InChI=1S/C22H27NO3S/c1-22(2,3)15-11-8-14(9-12-15)10-13-18(24)23-20-19(21(25)26-4)16-6-5-7-17(16)27-20/h8-9,11-12H,5-7,10,13H2,1-4H3,(H,23,24). The van der Waals surface area contributed by atoms with Crippen LogP contribution in [-0.4, -0.2) is 19.0 Å². The SMILES string of the molecule is COC(=O)c1c(NC(=O)CCc2ccc(C(C)(C)C)cc2)sc2c1CCC2.